The van der Waals surface area contributed by atoms with Gasteiger partial charge in [0.05, 0.1) is 11.6 Å². The Morgan fingerprint density at radius 1 is 1.19 bits per heavy atom. The highest BCUT2D eigenvalue weighted by Crippen LogP contribution is 2.24. The maximum Gasteiger partial charge on any atom is 0.262 e. The van der Waals surface area contributed by atoms with Crippen LogP contribution in [-0.4, -0.2) is 12.5 Å². The molecular weight excluding hydrogens is 264 g/mol. The molecular formula is C17H16N2O2. The van der Waals surface area contributed by atoms with Gasteiger partial charge < -0.3 is 10.1 Å². The number of anilines is 1. The van der Waals surface area contributed by atoms with Crippen molar-refractivity contribution < 1.29 is 9.53 Å². The lowest BCUT2D eigenvalue weighted by Gasteiger charge is -2.12. The third-order valence-electron chi connectivity index (χ3n) is 2.99. The summed E-state index contributed by atoms with van der Waals surface area (Å²) in [5, 5.41) is 11.7. The van der Waals surface area contributed by atoms with Crippen molar-refractivity contribution in [2.24, 2.45) is 0 Å². The van der Waals surface area contributed by atoms with Crippen molar-refractivity contribution >= 4 is 11.6 Å². The summed E-state index contributed by atoms with van der Waals surface area (Å²) in [4.78, 5) is 11.8. The van der Waals surface area contributed by atoms with Crippen LogP contribution in [0.25, 0.3) is 0 Å². The summed E-state index contributed by atoms with van der Waals surface area (Å²) in [5.74, 6) is 0.432. The van der Waals surface area contributed by atoms with Gasteiger partial charge in [-0.3, -0.25) is 4.79 Å². The summed E-state index contributed by atoms with van der Waals surface area (Å²) in [6.07, 6.45) is 0. The van der Waals surface area contributed by atoms with Crippen LogP contribution in [0.1, 0.15) is 16.7 Å². The minimum absolute atomic E-state index is 0.0670. The lowest BCUT2D eigenvalue weighted by atomic mass is 10.1. The van der Waals surface area contributed by atoms with Crippen molar-refractivity contribution in [1.82, 2.24) is 0 Å². The predicted molar refractivity (Wildman–Crippen MR) is 81.2 cm³/mol. The molecule has 0 aromatic heterocycles. The van der Waals surface area contributed by atoms with Gasteiger partial charge in [0.15, 0.2) is 6.61 Å². The fourth-order valence-corrected chi connectivity index (χ4v) is 2.10. The summed E-state index contributed by atoms with van der Waals surface area (Å²) < 4.78 is 5.58. The molecule has 0 saturated carbocycles. The van der Waals surface area contributed by atoms with Gasteiger partial charge in [-0.2, -0.15) is 5.26 Å². The zero-order chi connectivity index (χ0) is 15.2. The van der Waals surface area contributed by atoms with Gasteiger partial charge in [-0.25, -0.2) is 0 Å². The van der Waals surface area contributed by atoms with Gasteiger partial charge in [-0.1, -0.05) is 18.2 Å². The molecule has 0 aliphatic carbocycles. The van der Waals surface area contributed by atoms with E-state index in [9.17, 15) is 4.79 Å². The number of carbonyl (C=O) groups excluding carboxylic acids is 1. The first kappa shape index (κ1) is 14.6. The molecule has 4 heteroatoms. The number of para-hydroxylation sites is 1. The predicted octanol–water partition coefficient (Wildman–Crippen LogP) is 3.19. The van der Waals surface area contributed by atoms with Gasteiger partial charge in [-0.05, 0) is 49.2 Å². The summed E-state index contributed by atoms with van der Waals surface area (Å²) in [6, 6.07) is 14.8. The summed E-state index contributed by atoms with van der Waals surface area (Å²) in [6.45, 7) is 3.65. The molecule has 2 aromatic carbocycles. The molecule has 2 rings (SSSR count). The number of nitrogens with zero attached hydrogens (tertiary/aromatic N) is 1. The molecule has 0 bridgehead atoms. The number of ether oxygens (including phenoxy) is 1. The van der Waals surface area contributed by atoms with Gasteiger partial charge in [-0.15, -0.1) is 0 Å². The highest BCUT2D eigenvalue weighted by molar-refractivity contribution is 5.91. The number of amides is 1. The molecule has 0 spiro atoms. The number of aryl methyl sites for hydroxylation is 2. The van der Waals surface area contributed by atoms with Crippen molar-refractivity contribution in [3.05, 3.63) is 59.2 Å². The van der Waals surface area contributed by atoms with Crippen LogP contribution >= 0.6 is 0 Å². The van der Waals surface area contributed by atoms with E-state index in [4.69, 9.17) is 10.00 Å². The number of carbonyl (C=O) groups is 1. The Hall–Kier alpha value is -2.80. The number of hydrogen-bond donors (Lipinski definition) is 1. The number of benzene rings is 2. The molecule has 0 radical (unpaired) electrons. The quantitative estimate of drug-likeness (QED) is 0.935. The normalized spacial score (nSPS) is 9.76. The van der Waals surface area contributed by atoms with E-state index < -0.39 is 0 Å². The van der Waals surface area contributed by atoms with E-state index in [-0.39, 0.29) is 12.5 Å². The Morgan fingerprint density at radius 2 is 1.81 bits per heavy atom. The van der Waals surface area contributed by atoms with Gasteiger partial charge in [0.25, 0.3) is 5.91 Å². The topological polar surface area (TPSA) is 62.1 Å². The SMILES string of the molecule is Cc1cc(C#N)cc(C)c1OCC(=O)Nc1ccccc1. The first-order chi connectivity index (χ1) is 10.1. The monoisotopic (exact) mass is 280 g/mol. The minimum Gasteiger partial charge on any atom is -0.483 e. The fraction of sp³-hybridized carbons (Fsp3) is 0.176. The van der Waals surface area contributed by atoms with E-state index in [0.29, 0.717) is 11.3 Å². The third-order valence-corrected chi connectivity index (χ3v) is 2.99. The molecule has 21 heavy (non-hydrogen) atoms. The first-order valence-corrected chi connectivity index (χ1v) is 6.59. The molecule has 1 amide bonds. The molecule has 1 N–H and O–H groups in total. The largest absolute Gasteiger partial charge is 0.483 e. The molecule has 0 atom stereocenters. The molecule has 0 heterocycles. The maximum atomic E-state index is 11.8. The zero-order valence-electron chi connectivity index (χ0n) is 12.0. The average Bonchev–Trinajstić information content (AvgIpc) is 2.47. The molecule has 2 aromatic rings. The van der Waals surface area contributed by atoms with Crippen molar-refractivity contribution in [1.29, 1.82) is 5.26 Å². The van der Waals surface area contributed by atoms with Gasteiger partial charge in [0, 0.05) is 5.69 Å². The molecule has 0 aliphatic heterocycles. The van der Waals surface area contributed by atoms with Crippen LogP contribution in [0, 0.1) is 25.2 Å². The molecule has 0 unspecified atom stereocenters. The molecule has 4 nitrogen and oxygen atoms in total. The van der Waals surface area contributed by atoms with Crippen molar-refractivity contribution in [3.8, 4) is 11.8 Å². The smallest absolute Gasteiger partial charge is 0.262 e. The fourth-order valence-electron chi connectivity index (χ4n) is 2.10. The molecule has 0 fully saturated rings. The van der Waals surface area contributed by atoms with Gasteiger partial charge in [0.2, 0.25) is 0 Å². The standard InChI is InChI=1S/C17H16N2O2/c1-12-8-14(10-18)9-13(2)17(12)21-11-16(20)19-15-6-4-3-5-7-15/h3-9H,11H2,1-2H3,(H,19,20). The average molecular weight is 280 g/mol. The van der Waals surface area contributed by atoms with E-state index in [1.807, 2.05) is 44.2 Å². The lowest BCUT2D eigenvalue weighted by Crippen LogP contribution is -2.20. The highest BCUT2D eigenvalue weighted by atomic mass is 16.5. The van der Waals surface area contributed by atoms with Gasteiger partial charge in [0.1, 0.15) is 5.75 Å². The molecule has 0 saturated heterocycles. The third kappa shape index (κ3) is 3.83. The van der Waals surface area contributed by atoms with E-state index >= 15 is 0 Å². The first-order valence-electron chi connectivity index (χ1n) is 6.59. The number of rotatable bonds is 4. The Labute approximate surface area is 124 Å². The second-order valence-corrected chi connectivity index (χ2v) is 4.75. The summed E-state index contributed by atoms with van der Waals surface area (Å²) in [7, 11) is 0. The second kappa shape index (κ2) is 6.58. The van der Waals surface area contributed by atoms with Crippen LogP contribution in [0.15, 0.2) is 42.5 Å². The highest BCUT2D eigenvalue weighted by Gasteiger charge is 2.09. The van der Waals surface area contributed by atoms with Crippen LogP contribution in [0.5, 0.6) is 5.75 Å². The Balaban J connectivity index is 2.00. The van der Waals surface area contributed by atoms with Gasteiger partial charge >= 0.3 is 0 Å². The van der Waals surface area contributed by atoms with Crippen molar-refractivity contribution in [3.63, 3.8) is 0 Å². The number of nitrogens with one attached hydrogen (secondary N) is 1. The van der Waals surface area contributed by atoms with Crippen LogP contribution in [-0.2, 0) is 4.79 Å². The Kier molecular flexibility index (Phi) is 4.57. The minimum atomic E-state index is -0.218. The van der Waals surface area contributed by atoms with Crippen molar-refractivity contribution in [2.75, 3.05) is 11.9 Å². The van der Waals surface area contributed by atoms with Crippen LogP contribution in [0.4, 0.5) is 5.69 Å². The lowest BCUT2D eigenvalue weighted by molar-refractivity contribution is -0.118. The van der Waals surface area contributed by atoms with Crippen molar-refractivity contribution in [2.45, 2.75) is 13.8 Å². The summed E-state index contributed by atoms with van der Waals surface area (Å²) >= 11 is 0. The maximum absolute atomic E-state index is 11.8. The number of nitriles is 1. The molecule has 106 valence electrons. The summed E-state index contributed by atoms with van der Waals surface area (Å²) in [5.41, 5.74) is 3.02. The zero-order valence-corrected chi connectivity index (χ0v) is 12.0. The van der Waals surface area contributed by atoms with Crippen LogP contribution in [0.2, 0.25) is 0 Å². The molecule has 0 aliphatic rings. The Bertz CT molecular complexity index is 665. The second-order valence-electron chi connectivity index (χ2n) is 4.75. The van der Waals surface area contributed by atoms with E-state index in [0.717, 1.165) is 16.8 Å². The van der Waals surface area contributed by atoms with E-state index in [2.05, 4.69) is 11.4 Å². The van der Waals surface area contributed by atoms with E-state index in [1.54, 1.807) is 12.1 Å². The number of hydrogen-bond acceptors (Lipinski definition) is 3. The Morgan fingerprint density at radius 3 is 2.38 bits per heavy atom. The van der Waals surface area contributed by atoms with Crippen LogP contribution < -0.4 is 10.1 Å². The van der Waals surface area contributed by atoms with Crippen LogP contribution in [0.3, 0.4) is 0 Å². The van der Waals surface area contributed by atoms with E-state index in [1.165, 1.54) is 0 Å².